The molecule has 0 saturated carbocycles. The number of hydrogen-bond donors (Lipinski definition) is 0. The zero-order chi connectivity index (χ0) is 34.4. The van der Waals surface area contributed by atoms with Gasteiger partial charge in [0.2, 0.25) is 0 Å². The smallest absolute Gasteiger partial charge is 0.0640 e. The largest absolute Gasteiger partial charge is 0.308 e. The standard InChI is InChI=1S/C50H33NS/c1-2-12-34(13-3-1)37-24-26-40-33-38(25-27-39(40)32-37)35-28-30-41(31-29-35)51(48-22-11-20-46-45-18-7-9-23-49(45)52-50(46)48)47-21-8-6-17-44(47)43-19-10-15-36-14-4-5-16-42(36)43/h1-33H. The number of benzene rings is 9. The van der Waals surface area contributed by atoms with Gasteiger partial charge in [0.15, 0.2) is 0 Å². The van der Waals surface area contributed by atoms with E-state index in [1.807, 2.05) is 11.3 Å². The summed E-state index contributed by atoms with van der Waals surface area (Å²) in [6.45, 7) is 0. The minimum absolute atomic E-state index is 1.12. The van der Waals surface area contributed by atoms with Crippen molar-refractivity contribution >= 4 is 70.1 Å². The molecule has 0 aliphatic carbocycles. The summed E-state index contributed by atoms with van der Waals surface area (Å²) in [5, 5.41) is 7.56. The third-order valence-electron chi connectivity index (χ3n) is 10.3. The van der Waals surface area contributed by atoms with E-state index in [-0.39, 0.29) is 0 Å². The predicted octanol–water partition coefficient (Wildman–Crippen LogP) is 14.8. The van der Waals surface area contributed by atoms with Gasteiger partial charge in [-0.05, 0) is 91.8 Å². The van der Waals surface area contributed by atoms with Crippen molar-refractivity contribution in [3.63, 3.8) is 0 Å². The van der Waals surface area contributed by atoms with Crippen molar-refractivity contribution in [3.05, 3.63) is 200 Å². The number of thiophene rings is 1. The van der Waals surface area contributed by atoms with Crippen molar-refractivity contribution < 1.29 is 0 Å². The van der Waals surface area contributed by atoms with Gasteiger partial charge in [-0.3, -0.25) is 0 Å². The average molecular weight is 680 g/mol. The van der Waals surface area contributed by atoms with Crippen LogP contribution in [0.3, 0.4) is 0 Å². The molecule has 1 aromatic heterocycles. The van der Waals surface area contributed by atoms with Gasteiger partial charge in [-0.15, -0.1) is 11.3 Å². The van der Waals surface area contributed by atoms with Gasteiger partial charge in [0.1, 0.15) is 0 Å². The first-order valence-electron chi connectivity index (χ1n) is 17.8. The topological polar surface area (TPSA) is 3.24 Å². The molecular weight excluding hydrogens is 647 g/mol. The molecule has 10 rings (SSSR count). The first-order valence-corrected chi connectivity index (χ1v) is 18.6. The van der Waals surface area contributed by atoms with Gasteiger partial charge < -0.3 is 4.90 Å². The number of rotatable bonds is 6. The molecule has 0 N–H and O–H groups in total. The zero-order valence-electron chi connectivity index (χ0n) is 28.4. The second kappa shape index (κ2) is 12.7. The molecule has 244 valence electrons. The number of hydrogen-bond acceptors (Lipinski definition) is 2. The maximum absolute atomic E-state index is 2.46. The van der Waals surface area contributed by atoms with Crippen LogP contribution in [0.1, 0.15) is 0 Å². The lowest BCUT2D eigenvalue weighted by atomic mass is 9.95. The Morgan fingerprint density at radius 2 is 0.885 bits per heavy atom. The maximum Gasteiger partial charge on any atom is 0.0640 e. The molecule has 0 radical (unpaired) electrons. The van der Waals surface area contributed by atoms with Crippen LogP contribution in [-0.2, 0) is 0 Å². The van der Waals surface area contributed by atoms with Crippen LogP contribution in [0.15, 0.2) is 200 Å². The second-order valence-corrected chi connectivity index (χ2v) is 14.4. The number of para-hydroxylation sites is 1. The molecule has 0 aliphatic heterocycles. The molecule has 0 atom stereocenters. The molecule has 0 bridgehead atoms. The van der Waals surface area contributed by atoms with Crippen molar-refractivity contribution in [1.82, 2.24) is 0 Å². The van der Waals surface area contributed by atoms with Crippen LogP contribution in [0.4, 0.5) is 17.1 Å². The van der Waals surface area contributed by atoms with Gasteiger partial charge in [-0.2, -0.15) is 0 Å². The number of anilines is 3. The van der Waals surface area contributed by atoms with Crippen molar-refractivity contribution in [2.24, 2.45) is 0 Å². The number of nitrogens with zero attached hydrogens (tertiary/aromatic N) is 1. The summed E-state index contributed by atoms with van der Waals surface area (Å²) in [4.78, 5) is 2.46. The maximum atomic E-state index is 2.46. The fourth-order valence-corrected chi connectivity index (χ4v) is 8.92. The molecule has 2 heteroatoms. The third-order valence-corrected chi connectivity index (χ3v) is 11.5. The van der Waals surface area contributed by atoms with Crippen molar-refractivity contribution in [1.29, 1.82) is 0 Å². The Balaban J connectivity index is 1.12. The van der Waals surface area contributed by atoms with Crippen molar-refractivity contribution in [2.75, 3.05) is 4.90 Å². The highest BCUT2D eigenvalue weighted by molar-refractivity contribution is 7.26. The lowest BCUT2D eigenvalue weighted by Gasteiger charge is -2.29. The first kappa shape index (κ1) is 30.4. The highest BCUT2D eigenvalue weighted by Crippen LogP contribution is 2.48. The molecule has 52 heavy (non-hydrogen) atoms. The third kappa shape index (κ3) is 5.24. The summed E-state index contributed by atoms with van der Waals surface area (Å²) >= 11 is 1.87. The van der Waals surface area contributed by atoms with Gasteiger partial charge >= 0.3 is 0 Å². The quantitative estimate of drug-likeness (QED) is 0.169. The van der Waals surface area contributed by atoms with Crippen LogP contribution in [0, 0.1) is 0 Å². The molecular formula is C50H33NS. The molecule has 0 fully saturated rings. The minimum atomic E-state index is 1.12. The van der Waals surface area contributed by atoms with E-state index in [9.17, 15) is 0 Å². The molecule has 1 nitrogen and oxygen atoms in total. The van der Waals surface area contributed by atoms with E-state index in [0.29, 0.717) is 0 Å². The molecule has 9 aromatic carbocycles. The molecule has 0 aliphatic rings. The van der Waals surface area contributed by atoms with Crippen LogP contribution in [0.25, 0.3) is 75.1 Å². The summed E-state index contributed by atoms with van der Waals surface area (Å²) in [6, 6.07) is 72.9. The van der Waals surface area contributed by atoms with E-state index in [4.69, 9.17) is 0 Å². The Bertz CT molecular complexity index is 2900. The Labute approximate surface area is 307 Å². The molecule has 10 aromatic rings. The van der Waals surface area contributed by atoms with Crippen LogP contribution < -0.4 is 4.90 Å². The normalized spacial score (nSPS) is 11.5. The second-order valence-electron chi connectivity index (χ2n) is 13.3. The van der Waals surface area contributed by atoms with E-state index in [0.717, 1.165) is 11.4 Å². The van der Waals surface area contributed by atoms with E-state index in [1.165, 1.54) is 80.8 Å². The Kier molecular flexibility index (Phi) is 7.41. The minimum Gasteiger partial charge on any atom is -0.308 e. The van der Waals surface area contributed by atoms with Gasteiger partial charge in [0.25, 0.3) is 0 Å². The highest BCUT2D eigenvalue weighted by Gasteiger charge is 2.21. The summed E-state index contributed by atoms with van der Waals surface area (Å²) < 4.78 is 2.58. The molecule has 0 saturated heterocycles. The Morgan fingerprint density at radius 3 is 1.69 bits per heavy atom. The summed E-state index contributed by atoms with van der Waals surface area (Å²) in [6.07, 6.45) is 0. The van der Waals surface area contributed by atoms with Crippen molar-refractivity contribution in [2.45, 2.75) is 0 Å². The van der Waals surface area contributed by atoms with Crippen LogP contribution >= 0.6 is 11.3 Å². The summed E-state index contributed by atoms with van der Waals surface area (Å²) in [5.41, 5.74) is 10.8. The van der Waals surface area contributed by atoms with Gasteiger partial charge in [0.05, 0.1) is 16.1 Å². The van der Waals surface area contributed by atoms with E-state index >= 15 is 0 Å². The lowest BCUT2D eigenvalue weighted by molar-refractivity contribution is 1.30. The zero-order valence-corrected chi connectivity index (χ0v) is 29.2. The SMILES string of the molecule is c1ccc(-c2ccc3cc(-c4ccc(N(c5ccccc5-c5cccc6ccccc56)c5cccc6c5sc5ccccc56)cc4)ccc3c2)cc1. The summed E-state index contributed by atoms with van der Waals surface area (Å²) in [5.74, 6) is 0. The van der Waals surface area contributed by atoms with Crippen LogP contribution in [0.2, 0.25) is 0 Å². The monoisotopic (exact) mass is 679 g/mol. The van der Waals surface area contributed by atoms with Gasteiger partial charge in [-0.25, -0.2) is 0 Å². The lowest BCUT2D eigenvalue weighted by Crippen LogP contribution is -2.11. The van der Waals surface area contributed by atoms with Crippen LogP contribution in [0.5, 0.6) is 0 Å². The first-order chi connectivity index (χ1) is 25.8. The van der Waals surface area contributed by atoms with E-state index < -0.39 is 0 Å². The molecule has 0 amide bonds. The van der Waals surface area contributed by atoms with E-state index in [1.54, 1.807) is 0 Å². The van der Waals surface area contributed by atoms with Gasteiger partial charge in [0, 0.05) is 26.7 Å². The van der Waals surface area contributed by atoms with Gasteiger partial charge in [-0.1, -0.05) is 158 Å². The Hall–Kier alpha value is -6.48. The molecule has 0 spiro atoms. The Morgan fingerprint density at radius 1 is 0.327 bits per heavy atom. The summed E-state index contributed by atoms with van der Waals surface area (Å²) in [7, 11) is 0. The van der Waals surface area contributed by atoms with Crippen molar-refractivity contribution in [3.8, 4) is 33.4 Å². The van der Waals surface area contributed by atoms with Crippen LogP contribution in [-0.4, -0.2) is 0 Å². The number of fused-ring (bicyclic) bond motifs is 5. The highest BCUT2D eigenvalue weighted by atomic mass is 32.1. The molecule has 0 unspecified atom stereocenters. The molecule has 1 heterocycles. The average Bonchev–Trinajstić information content (AvgIpc) is 3.61. The van der Waals surface area contributed by atoms with E-state index in [2.05, 4.69) is 205 Å². The predicted molar refractivity (Wildman–Crippen MR) is 225 cm³/mol. The fourth-order valence-electron chi connectivity index (χ4n) is 7.71. The fraction of sp³-hybridized carbons (Fsp3) is 0.